The number of sulfonamides is 1. The van der Waals surface area contributed by atoms with Crippen molar-refractivity contribution in [1.29, 1.82) is 0 Å². The summed E-state index contributed by atoms with van der Waals surface area (Å²) in [5.41, 5.74) is 0.782. The molecule has 0 radical (unpaired) electrons. The number of carbonyl (C=O) groups is 2. The van der Waals surface area contributed by atoms with Crippen LogP contribution in [0.3, 0.4) is 0 Å². The van der Waals surface area contributed by atoms with Gasteiger partial charge < -0.3 is 10.6 Å². The van der Waals surface area contributed by atoms with Crippen LogP contribution in [0.1, 0.15) is 20.3 Å². The highest BCUT2D eigenvalue weighted by Crippen LogP contribution is 2.25. The van der Waals surface area contributed by atoms with Gasteiger partial charge in [-0.3, -0.25) is 9.59 Å². The molecule has 0 aliphatic heterocycles. The predicted molar refractivity (Wildman–Crippen MR) is 115 cm³/mol. The number of benzene rings is 2. The molecular weight excluding hydrogens is 437 g/mol. The van der Waals surface area contributed by atoms with E-state index in [1.54, 1.807) is 6.07 Å². The summed E-state index contributed by atoms with van der Waals surface area (Å²) >= 11 is 11.9. The van der Waals surface area contributed by atoms with E-state index in [9.17, 15) is 18.0 Å². The molecule has 0 bridgehead atoms. The van der Waals surface area contributed by atoms with Crippen LogP contribution in [0, 0.1) is 0 Å². The summed E-state index contributed by atoms with van der Waals surface area (Å²) < 4.78 is 27.0. The Balaban J connectivity index is 2.19. The summed E-state index contributed by atoms with van der Waals surface area (Å²) in [6.45, 7) is 2.95. The monoisotopic (exact) mass is 457 g/mol. The largest absolute Gasteiger partial charge is 0.326 e. The standard InChI is InChI=1S/C19H21Cl2N3O4S/c1-3-10-24(12-19(26)23-18-11-14(20)4-9-17(18)21)29(27,28)16-7-5-15(6-8-16)22-13(2)25/h4-9,11H,3,10,12H2,1-2H3,(H,22,25)(H,23,26). The molecule has 2 N–H and O–H groups in total. The van der Waals surface area contributed by atoms with Crippen molar-refractivity contribution in [2.45, 2.75) is 25.2 Å². The number of carbonyl (C=O) groups excluding carboxylic acids is 2. The third-order valence-electron chi connectivity index (χ3n) is 3.81. The normalized spacial score (nSPS) is 11.3. The molecule has 10 heteroatoms. The second-order valence-electron chi connectivity index (χ2n) is 6.22. The Morgan fingerprint density at radius 1 is 1.03 bits per heavy atom. The molecule has 0 aliphatic carbocycles. The highest BCUT2D eigenvalue weighted by Gasteiger charge is 2.26. The van der Waals surface area contributed by atoms with E-state index in [-0.39, 0.29) is 23.9 Å². The second-order valence-corrected chi connectivity index (χ2v) is 9.00. The Morgan fingerprint density at radius 3 is 2.28 bits per heavy atom. The first-order chi connectivity index (χ1) is 13.6. The zero-order valence-corrected chi connectivity index (χ0v) is 18.2. The fraction of sp³-hybridized carbons (Fsp3) is 0.263. The molecule has 29 heavy (non-hydrogen) atoms. The Kier molecular flexibility index (Phi) is 8.04. The van der Waals surface area contributed by atoms with Gasteiger partial charge in [-0.15, -0.1) is 0 Å². The van der Waals surface area contributed by atoms with Gasteiger partial charge in [0.15, 0.2) is 0 Å². The lowest BCUT2D eigenvalue weighted by molar-refractivity contribution is -0.116. The third-order valence-corrected chi connectivity index (χ3v) is 6.23. The summed E-state index contributed by atoms with van der Waals surface area (Å²) in [7, 11) is -3.91. The Hall–Kier alpha value is -2.13. The molecule has 2 amide bonds. The molecule has 2 aromatic rings. The molecule has 0 aromatic heterocycles. The number of rotatable bonds is 8. The maximum atomic E-state index is 13.0. The highest BCUT2D eigenvalue weighted by atomic mass is 35.5. The lowest BCUT2D eigenvalue weighted by Gasteiger charge is -2.21. The van der Waals surface area contributed by atoms with Crippen LogP contribution in [0.2, 0.25) is 10.0 Å². The van der Waals surface area contributed by atoms with Crippen molar-refractivity contribution in [2.75, 3.05) is 23.7 Å². The second kappa shape index (κ2) is 10.1. The van der Waals surface area contributed by atoms with Crippen LogP contribution >= 0.6 is 23.2 Å². The van der Waals surface area contributed by atoms with Crippen LogP contribution in [0.25, 0.3) is 0 Å². The maximum Gasteiger partial charge on any atom is 0.243 e. The van der Waals surface area contributed by atoms with Gasteiger partial charge in [-0.2, -0.15) is 4.31 Å². The van der Waals surface area contributed by atoms with Crippen LogP contribution in [-0.4, -0.2) is 37.6 Å². The lowest BCUT2D eigenvalue weighted by Crippen LogP contribution is -2.38. The van der Waals surface area contributed by atoms with Gasteiger partial charge in [0, 0.05) is 24.2 Å². The average Bonchev–Trinajstić information content (AvgIpc) is 2.64. The van der Waals surface area contributed by atoms with Crippen LogP contribution < -0.4 is 10.6 Å². The Labute approximate surface area is 180 Å². The van der Waals surface area contributed by atoms with Gasteiger partial charge in [-0.25, -0.2) is 8.42 Å². The molecule has 0 aliphatic rings. The number of anilines is 2. The van der Waals surface area contributed by atoms with Crippen molar-refractivity contribution in [3.63, 3.8) is 0 Å². The maximum absolute atomic E-state index is 13.0. The van der Waals surface area contributed by atoms with Crippen molar-refractivity contribution in [3.05, 3.63) is 52.5 Å². The minimum atomic E-state index is -3.91. The molecule has 0 fully saturated rings. The quantitative estimate of drug-likeness (QED) is 0.625. The van der Waals surface area contributed by atoms with E-state index in [4.69, 9.17) is 23.2 Å². The zero-order valence-electron chi connectivity index (χ0n) is 15.9. The fourth-order valence-corrected chi connectivity index (χ4v) is 4.36. The predicted octanol–water partition coefficient (Wildman–Crippen LogP) is 3.99. The van der Waals surface area contributed by atoms with Crippen LogP contribution in [-0.2, 0) is 19.6 Å². The smallest absolute Gasteiger partial charge is 0.243 e. The van der Waals surface area contributed by atoms with E-state index >= 15 is 0 Å². The number of halogens is 2. The van der Waals surface area contributed by atoms with Gasteiger partial charge in [-0.1, -0.05) is 30.1 Å². The molecule has 2 rings (SSSR count). The SMILES string of the molecule is CCCN(CC(=O)Nc1cc(Cl)ccc1Cl)S(=O)(=O)c1ccc(NC(C)=O)cc1. The summed E-state index contributed by atoms with van der Waals surface area (Å²) in [5.74, 6) is -0.800. The Morgan fingerprint density at radius 2 is 1.69 bits per heavy atom. The number of hydrogen-bond donors (Lipinski definition) is 2. The number of amides is 2. The van der Waals surface area contributed by atoms with E-state index < -0.39 is 15.9 Å². The van der Waals surface area contributed by atoms with Gasteiger partial charge in [0.05, 0.1) is 22.2 Å². The van der Waals surface area contributed by atoms with Gasteiger partial charge in [-0.05, 0) is 48.9 Å². The highest BCUT2D eigenvalue weighted by molar-refractivity contribution is 7.89. The van der Waals surface area contributed by atoms with E-state index in [1.807, 2.05) is 6.92 Å². The zero-order chi connectivity index (χ0) is 21.6. The molecular formula is C19H21Cl2N3O4S. The molecule has 0 spiro atoms. The van der Waals surface area contributed by atoms with Crippen LogP contribution in [0.5, 0.6) is 0 Å². The van der Waals surface area contributed by atoms with E-state index in [0.29, 0.717) is 27.8 Å². The van der Waals surface area contributed by atoms with E-state index in [1.165, 1.54) is 43.3 Å². The molecule has 0 heterocycles. The summed E-state index contributed by atoms with van der Waals surface area (Å²) in [4.78, 5) is 23.6. The number of nitrogens with one attached hydrogen (secondary N) is 2. The minimum Gasteiger partial charge on any atom is -0.326 e. The fourth-order valence-electron chi connectivity index (χ4n) is 2.54. The molecule has 156 valence electrons. The van der Waals surface area contributed by atoms with Crippen molar-refractivity contribution in [3.8, 4) is 0 Å². The molecule has 0 saturated heterocycles. The Bertz CT molecular complexity index is 995. The van der Waals surface area contributed by atoms with Crippen molar-refractivity contribution in [1.82, 2.24) is 4.31 Å². The average molecular weight is 458 g/mol. The van der Waals surface area contributed by atoms with Gasteiger partial charge in [0.25, 0.3) is 0 Å². The summed E-state index contributed by atoms with van der Waals surface area (Å²) in [6, 6.07) is 10.4. The topological polar surface area (TPSA) is 95.6 Å². The molecule has 0 saturated carbocycles. The minimum absolute atomic E-state index is 0.0219. The van der Waals surface area contributed by atoms with Gasteiger partial charge in [0.1, 0.15) is 0 Å². The number of hydrogen-bond acceptors (Lipinski definition) is 4. The van der Waals surface area contributed by atoms with E-state index in [0.717, 1.165) is 4.31 Å². The first kappa shape index (κ1) is 23.2. The first-order valence-corrected chi connectivity index (χ1v) is 11.0. The summed E-state index contributed by atoms with van der Waals surface area (Å²) in [5, 5.41) is 5.84. The van der Waals surface area contributed by atoms with Crippen molar-refractivity contribution >= 4 is 56.4 Å². The molecule has 0 unspecified atom stereocenters. The van der Waals surface area contributed by atoms with Gasteiger partial charge in [0.2, 0.25) is 21.8 Å². The lowest BCUT2D eigenvalue weighted by atomic mass is 10.3. The third kappa shape index (κ3) is 6.43. The van der Waals surface area contributed by atoms with Crippen LogP contribution in [0.4, 0.5) is 11.4 Å². The van der Waals surface area contributed by atoms with Crippen molar-refractivity contribution < 1.29 is 18.0 Å². The van der Waals surface area contributed by atoms with E-state index in [2.05, 4.69) is 10.6 Å². The number of nitrogens with zero attached hydrogens (tertiary/aromatic N) is 1. The first-order valence-electron chi connectivity index (χ1n) is 8.76. The molecule has 0 atom stereocenters. The molecule has 2 aromatic carbocycles. The van der Waals surface area contributed by atoms with Crippen LogP contribution in [0.15, 0.2) is 47.4 Å². The molecule has 7 nitrogen and oxygen atoms in total. The summed E-state index contributed by atoms with van der Waals surface area (Å²) in [6.07, 6.45) is 0.522. The van der Waals surface area contributed by atoms with Crippen molar-refractivity contribution in [2.24, 2.45) is 0 Å². The van der Waals surface area contributed by atoms with Gasteiger partial charge >= 0.3 is 0 Å².